The Hall–Kier alpha value is -3.35. The summed E-state index contributed by atoms with van der Waals surface area (Å²) in [5.41, 5.74) is 0.921. The van der Waals surface area contributed by atoms with Crippen LogP contribution in [0.4, 0.5) is 5.69 Å². The van der Waals surface area contributed by atoms with E-state index in [9.17, 15) is 23.6 Å². The van der Waals surface area contributed by atoms with Gasteiger partial charge in [-0.05, 0) is 49.4 Å². The van der Waals surface area contributed by atoms with Crippen LogP contribution in [0.5, 0.6) is 5.75 Å². The quantitative estimate of drug-likeness (QED) is 0.610. The number of benzene rings is 2. The van der Waals surface area contributed by atoms with Gasteiger partial charge in [0.05, 0.1) is 30.0 Å². The van der Waals surface area contributed by atoms with Gasteiger partial charge >= 0.3 is 5.97 Å². The molecule has 1 aromatic heterocycles. The van der Waals surface area contributed by atoms with E-state index in [0.717, 1.165) is 15.8 Å². The van der Waals surface area contributed by atoms with Gasteiger partial charge in [0.25, 0.3) is 10.0 Å². The van der Waals surface area contributed by atoms with Crippen molar-refractivity contribution in [3.63, 3.8) is 0 Å². The molecule has 3 rings (SSSR count). The van der Waals surface area contributed by atoms with Crippen LogP contribution in [-0.4, -0.2) is 26.6 Å². The fourth-order valence-electron chi connectivity index (χ4n) is 2.71. The number of anilines is 1. The zero-order chi connectivity index (χ0) is 21.2. The smallest absolute Gasteiger partial charge is 0.335 e. The molecule has 148 valence electrons. The highest BCUT2D eigenvalue weighted by molar-refractivity contribution is 7.92. The maximum absolute atomic E-state index is 13.1. The monoisotopic (exact) mass is 428 g/mol. The zero-order valence-electron chi connectivity index (χ0n) is 15.5. The molecule has 2 aromatic carbocycles. The highest BCUT2D eigenvalue weighted by Crippen LogP contribution is 2.36. The first-order valence-corrected chi connectivity index (χ1v) is 10.6. The van der Waals surface area contributed by atoms with E-state index in [0.29, 0.717) is 5.56 Å². The Morgan fingerprint density at radius 3 is 2.52 bits per heavy atom. The molecule has 0 unspecified atom stereocenters. The number of ether oxygens (including phenoxy) is 1. The number of carbonyl (C=O) groups is 1. The summed E-state index contributed by atoms with van der Waals surface area (Å²) in [5.74, 6) is -1.25. The Bertz CT molecular complexity index is 1240. The van der Waals surface area contributed by atoms with E-state index < -0.39 is 16.0 Å². The van der Waals surface area contributed by atoms with Crippen LogP contribution in [0.1, 0.15) is 20.8 Å². The minimum absolute atomic E-state index is 0.00690. The van der Waals surface area contributed by atoms with Crippen LogP contribution in [0.25, 0.3) is 10.4 Å². The minimum atomic E-state index is -4.20. The van der Waals surface area contributed by atoms with Crippen molar-refractivity contribution in [1.29, 1.82) is 5.26 Å². The van der Waals surface area contributed by atoms with Crippen molar-refractivity contribution in [1.82, 2.24) is 0 Å². The topological polar surface area (TPSA) is 116 Å². The van der Waals surface area contributed by atoms with Gasteiger partial charge in [-0.15, -0.1) is 11.3 Å². The number of carboxylic acids is 1. The molecule has 0 aliphatic heterocycles. The van der Waals surface area contributed by atoms with E-state index in [1.165, 1.54) is 36.6 Å². The molecule has 29 heavy (non-hydrogen) atoms. The molecule has 7 nitrogen and oxygen atoms in total. The zero-order valence-corrected chi connectivity index (χ0v) is 17.1. The maximum Gasteiger partial charge on any atom is 0.335 e. The van der Waals surface area contributed by atoms with Crippen molar-refractivity contribution in [2.75, 3.05) is 11.8 Å². The number of nitriles is 1. The summed E-state index contributed by atoms with van der Waals surface area (Å²) in [6.07, 6.45) is 0. The Balaban J connectivity index is 2.13. The number of aryl methyl sites for hydroxylation is 1. The molecule has 1 heterocycles. The highest BCUT2D eigenvalue weighted by Gasteiger charge is 2.23. The van der Waals surface area contributed by atoms with Crippen LogP contribution in [0.15, 0.2) is 53.4 Å². The maximum atomic E-state index is 13.1. The molecular formula is C20H16N2O5S2. The average molecular weight is 428 g/mol. The Kier molecular flexibility index (Phi) is 5.59. The number of nitrogens with one attached hydrogen (secondary N) is 1. The predicted octanol–water partition coefficient (Wildman–Crippen LogP) is 4.10. The number of hydrogen-bond donors (Lipinski definition) is 2. The van der Waals surface area contributed by atoms with Gasteiger partial charge in [-0.25, -0.2) is 13.2 Å². The molecule has 9 heteroatoms. The van der Waals surface area contributed by atoms with Gasteiger partial charge in [0, 0.05) is 15.3 Å². The van der Waals surface area contributed by atoms with Gasteiger partial charge in [0.15, 0.2) is 0 Å². The molecule has 0 radical (unpaired) electrons. The fraction of sp³-hybridized carbons (Fsp3) is 0.100. The summed E-state index contributed by atoms with van der Waals surface area (Å²) in [4.78, 5) is 12.8. The molecule has 0 aliphatic rings. The van der Waals surface area contributed by atoms with E-state index in [-0.39, 0.29) is 27.5 Å². The molecule has 0 saturated carbocycles. The number of nitrogens with zero attached hydrogens (tertiary/aromatic N) is 1. The first-order valence-electron chi connectivity index (χ1n) is 8.30. The lowest BCUT2D eigenvalue weighted by molar-refractivity contribution is 0.0696. The van der Waals surface area contributed by atoms with Crippen molar-refractivity contribution < 1.29 is 23.1 Å². The van der Waals surface area contributed by atoms with Crippen molar-refractivity contribution in [3.05, 3.63) is 64.5 Å². The average Bonchev–Trinajstić information content (AvgIpc) is 3.13. The lowest BCUT2D eigenvalue weighted by atomic mass is 10.1. The number of thiophene rings is 1. The van der Waals surface area contributed by atoms with Gasteiger partial charge in [0.1, 0.15) is 10.6 Å². The highest BCUT2D eigenvalue weighted by atomic mass is 32.2. The summed E-state index contributed by atoms with van der Waals surface area (Å²) in [6, 6.07) is 14.1. The van der Waals surface area contributed by atoms with Crippen LogP contribution < -0.4 is 9.46 Å². The molecule has 0 bridgehead atoms. The van der Waals surface area contributed by atoms with Crippen LogP contribution in [0.2, 0.25) is 0 Å². The van der Waals surface area contributed by atoms with Crippen LogP contribution >= 0.6 is 11.3 Å². The molecule has 0 amide bonds. The van der Waals surface area contributed by atoms with E-state index in [4.69, 9.17) is 4.74 Å². The Morgan fingerprint density at radius 2 is 1.93 bits per heavy atom. The van der Waals surface area contributed by atoms with Gasteiger partial charge in [-0.3, -0.25) is 4.72 Å². The van der Waals surface area contributed by atoms with Crippen molar-refractivity contribution in [2.45, 2.75) is 11.8 Å². The minimum Gasteiger partial charge on any atom is -0.495 e. The summed E-state index contributed by atoms with van der Waals surface area (Å²) in [5, 5.41) is 18.4. The number of sulfonamides is 1. The van der Waals surface area contributed by atoms with Gasteiger partial charge in [0.2, 0.25) is 0 Å². The second kappa shape index (κ2) is 7.95. The Morgan fingerprint density at radius 1 is 1.17 bits per heavy atom. The molecule has 0 atom stereocenters. The third-order valence-electron chi connectivity index (χ3n) is 4.10. The molecule has 0 saturated heterocycles. The third kappa shape index (κ3) is 4.23. The summed E-state index contributed by atoms with van der Waals surface area (Å²) in [7, 11) is -2.91. The SMILES string of the molecule is COc1ccc(C(=O)O)cc1S(=O)(=O)Nc1cc(C#N)ccc1-c1ccc(C)s1. The third-order valence-corrected chi connectivity index (χ3v) is 6.52. The largest absolute Gasteiger partial charge is 0.495 e. The van der Waals surface area contributed by atoms with E-state index in [1.54, 1.807) is 12.1 Å². The van der Waals surface area contributed by atoms with Gasteiger partial charge < -0.3 is 9.84 Å². The number of hydrogen-bond acceptors (Lipinski definition) is 6. The van der Waals surface area contributed by atoms with Crippen molar-refractivity contribution in [3.8, 4) is 22.3 Å². The number of methoxy groups -OCH3 is 1. The van der Waals surface area contributed by atoms with Gasteiger partial charge in [-0.2, -0.15) is 5.26 Å². The number of carboxylic acid groups (broad SMARTS) is 1. The fourth-order valence-corrected chi connectivity index (χ4v) is 4.89. The second-order valence-electron chi connectivity index (χ2n) is 6.06. The Labute approximate surface area is 171 Å². The lowest BCUT2D eigenvalue weighted by Crippen LogP contribution is -2.15. The molecule has 0 spiro atoms. The first kappa shape index (κ1) is 20.4. The first-order chi connectivity index (χ1) is 13.7. The van der Waals surface area contributed by atoms with E-state index in [1.807, 2.05) is 25.1 Å². The number of aromatic carboxylic acids is 1. The normalized spacial score (nSPS) is 10.9. The van der Waals surface area contributed by atoms with Gasteiger partial charge in [-0.1, -0.05) is 6.07 Å². The van der Waals surface area contributed by atoms with E-state index >= 15 is 0 Å². The van der Waals surface area contributed by atoms with Crippen LogP contribution in [0.3, 0.4) is 0 Å². The lowest BCUT2D eigenvalue weighted by Gasteiger charge is -2.15. The van der Waals surface area contributed by atoms with E-state index in [2.05, 4.69) is 4.72 Å². The predicted molar refractivity (Wildman–Crippen MR) is 110 cm³/mol. The van der Waals surface area contributed by atoms with Crippen LogP contribution in [0, 0.1) is 18.3 Å². The number of rotatable bonds is 6. The molecule has 0 aliphatic carbocycles. The van der Waals surface area contributed by atoms with Crippen molar-refractivity contribution >= 4 is 33.0 Å². The molecule has 0 fully saturated rings. The van der Waals surface area contributed by atoms with Crippen LogP contribution in [-0.2, 0) is 10.0 Å². The summed E-state index contributed by atoms with van der Waals surface area (Å²) >= 11 is 1.48. The molecule has 2 N–H and O–H groups in total. The summed E-state index contributed by atoms with van der Waals surface area (Å²) < 4.78 is 33.7. The second-order valence-corrected chi connectivity index (χ2v) is 9.00. The standard InChI is InChI=1S/C20H16N2O5S2/c1-12-3-8-18(28-12)15-6-4-13(11-21)9-16(15)22-29(25,26)19-10-14(20(23)24)5-7-17(19)27-2/h3-10,22H,1-2H3,(H,23,24). The van der Waals surface area contributed by atoms with Crippen molar-refractivity contribution in [2.24, 2.45) is 0 Å². The summed E-state index contributed by atoms with van der Waals surface area (Å²) in [6.45, 7) is 1.93. The molecule has 3 aromatic rings. The molecular weight excluding hydrogens is 412 g/mol.